The average molecular weight is 539 g/mol. The van der Waals surface area contributed by atoms with E-state index in [1.54, 1.807) is 17.2 Å². The second-order valence-corrected chi connectivity index (χ2v) is 11.9. The maximum atomic E-state index is 13.7. The largest absolute Gasteiger partial charge is 0.379 e. The third-order valence-electron chi connectivity index (χ3n) is 7.48. The van der Waals surface area contributed by atoms with E-state index in [9.17, 15) is 18.0 Å². The summed E-state index contributed by atoms with van der Waals surface area (Å²) in [6.45, 7) is 9.45. The molecular formula is C28H34N4O5S. The molecule has 0 saturated carbocycles. The van der Waals surface area contributed by atoms with Gasteiger partial charge in [0, 0.05) is 62.6 Å². The molecule has 0 N–H and O–H groups in total. The van der Waals surface area contributed by atoms with E-state index >= 15 is 0 Å². The van der Waals surface area contributed by atoms with Crippen LogP contribution in [0, 0.1) is 6.92 Å². The first-order valence-corrected chi connectivity index (χ1v) is 14.5. The summed E-state index contributed by atoms with van der Waals surface area (Å²) in [7, 11) is -3.78. The molecule has 2 aliphatic heterocycles. The summed E-state index contributed by atoms with van der Waals surface area (Å²) >= 11 is 0. The minimum absolute atomic E-state index is 0.0524. The van der Waals surface area contributed by atoms with E-state index in [0.29, 0.717) is 44.9 Å². The molecule has 38 heavy (non-hydrogen) atoms. The monoisotopic (exact) mass is 538 g/mol. The normalized spacial score (nSPS) is 19.2. The molecule has 1 aromatic heterocycles. The van der Waals surface area contributed by atoms with E-state index in [1.807, 2.05) is 17.6 Å². The number of piperazine rings is 1. The van der Waals surface area contributed by atoms with Crippen LogP contribution in [-0.4, -0.2) is 80.1 Å². The molecule has 2 saturated heterocycles. The Balaban J connectivity index is 1.47. The number of hydrogen-bond acceptors (Lipinski definition) is 6. The number of carbonyl (C=O) groups excluding carboxylic acids is 1. The maximum absolute atomic E-state index is 13.7. The standard InChI is InChI=1S/C28H34N4O5S/c1-4-29-19-25(28(34)30-10-11-32(21(3)18-30)22-7-5-6-20(2)16-22)27(33)24-17-23(8-9-26(24)29)38(35,36)31-12-14-37-15-13-31/h5-9,16-17,19,21H,4,10-15,18H2,1-3H3/t21-/m0/s1. The fourth-order valence-corrected chi connectivity index (χ4v) is 6.82. The molecule has 0 unspecified atom stereocenters. The van der Waals surface area contributed by atoms with E-state index in [2.05, 4.69) is 36.9 Å². The predicted molar refractivity (Wildman–Crippen MR) is 147 cm³/mol. The highest BCUT2D eigenvalue weighted by atomic mass is 32.2. The van der Waals surface area contributed by atoms with Gasteiger partial charge in [0.1, 0.15) is 5.56 Å². The summed E-state index contributed by atoms with van der Waals surface area (Å²) < 4.78 is 35.0. The van der Waals surface area contributed by atoms with Crippen molar-refractivity contribution in [1.29, 1.82) is 0 Å². The van der Waals surface area contributed by atoms with Crippen molar-refractivity contribution in [2.45, 2.75) is 38.3 Å². The summed E-state index contributed by atoms with van der Waals surface area (Å²) in [6.07, 6.45) is 1.61. The SMILES string of the molecule is CCn1cc(C(=O)N2CCN(c3cccc(C)c3)[C@@H](C)C2)c(=O)c2cc(S(=O)(=O)N3CCOCC3)ccc21. The van der Waals surface area contributed by atoms with E-state index in [-0.39, 0.29) is 40.9 Å². The van der Waals surface area contributed by atoms with Crippen molar-refractivity contribution in [1.82, 2.24) is 13.8 Å². The van der Waals surface area contributed by atoms with Crippen LogP contribution in [0.4, 0.5) is 5.69 Å². The van der Waals surface area contributed by atoms with Crippen molar-refractivity contribution in [3.63, 3.8) is 0 Å². The van der Waals surface area contributed by atoms with Crippen LogP contribution >= 0.6 is 0 Å². The van der Waals surface area contributed by atoms with Gasteiger partial charge in [-0.3, -0.25) is 9.59 Å². The number of morpholine rings is 1. The van der Waals surface area contributed by atoms with Gasteiger partial charge in [-0.25, -0.2) is 8.42 Å². The summed E-state index contributed by atoms with van der Waals surface area (Å²) in [5, 5.41) is 0.235. The van der Waals surface area contributed by atoms with Crippen LogP contribution in [0.2, 0.25) is 0 Å². The Morgan fingerprint density at radius 2 is 1.82 bits per heavy atom. The number of aromatic nitrogens is 1. The third kappa shape index (κ3) is 4.83. The summed E-state index contributed by atoms with van der Waals surface area (Å²) in [5.74, 6) is -0.323. The molecule has 3 heterocycles. The maximum Gasteiger partial charge on any atom is 0.259 e. The quantitative estimate of drug-likeness (QED) is 0.496. The highest BCUT2D eigenvalue weighted by molar-refractivity contribution is 7.89. The first-order valence-electron chi connectivity index (χ1n) is 13.1. The molecule has 9 nitrogen and oxygen atoms in total. The first-order chi connectivity index (χ1) is 18.2. The van der Waals surface area contributed by atoms with Crippen LogP contribution < -0.4 is 10.3 Å². The third-order valence-corrected chi connectivity index (χ3v) is 9.37. The van der Waals surface area contributed by atoms with E-state index < -0.39 is 15.5 Å². The molecule has 3 aromatic rings. The van der Waals surface area contributed by atoms with Crippen molar-refractivity contribution >= 4 is 32.5 Å². The minimum atomic E-state index is -3.78. The van der Waals surface area contributed by atoms with Gasteiger partial charge in [-0.1, -0.05) is 12.1 Å². The van der Waals surface area contributed by atoms with Crippen LogP contribution in [0.25, 0.3) is 10.9 Å². The number of carbonyl (C=O) groups is 1. The number of hydrogen-bond donors (Lipinski definition) is 0. The Kier molecular flexibility index (Phi) is 7.30. The first kappa shape index (κ1) is 26.4. The van der Waals surface area contributed by atoms with Gasteiger partial charge < -0.3 is 19.1 Å². The topological polar surface area (TPSA) is 92.2 Å². The summed E-state index contributed by atoms with van der Waals surface area (Å²) in [5.41, 5.74) is 2.53. The van der Waals surface area contributed by atoms with Crippen molar-refractivity contribution in [3.05, 3.63) is 70.0 Å². The average Bonchev–Trinajstić information content (AvgIpc) is 2.93. The lowest BCUT2D eigenvalue weighted by Crippen LogP contribution is -2.54. The van der Waals surface area contributed by atoms with Crippen LogP contribution in [-0.2, 0) is 21.3 Å². The predicted octanol–water partition coefficient (Wildman–Crippen LogP) is 2.70. The lowest BCUT2D eigenvalue weighted by Gasteiger charge is -2.41. The van der Waals surface area contributed by atoms with Gasteiger partial charge in [0.05, 0.1) is 23.6 Å². The number of rotatable bonds is 5. The fourth-order valence-electron chi connectivity index (χ4n) is 5.39. The molecule has 2 fully saturated rings. The highest BCUT2D eigenvalue weighted by Gasteiger charge is 2.30. The number of nitrogens with zero attached hydrogens (tertiary/aromatic N) is 4. The zero-order chi connectivity index (χ0) is 27.0. The molecule has 1 amide bonds. The minimum Gasteiger partial charge on any atom is -0.379 e. The number of pyridine rings is 1. The van der Waals surface area contributed by atoms with Gasteiger partial charge in [0.15, 0.2) is 0 Å². The Hall–Kier alpha value is -3.21. The van der Waals surface area contributed by atoms with Crippen LogP contribution in [0.15, 0.2) is 58.4 Å². The van der Waals surface area contributed by atoms with Gasteiger partial charge >= 0.3 is 0 Å². The summed E-state index contributed by atoms with van der Waals surface area (Å²) in [6, 6.07) is 13.0. The Morgan fingerprint density at radius 3 is 2.50 bits per heavy atom. The molecule has 202 valence electrons. The Morgan fingerprint density at radius 1 is 1.05 bits per heavy atom. The molecule has 5 rings (SSSR count). The highest BCUT2D eigenvalue weighted by Crippen LogP contribution is 2.24. The van der Waals surface area contributed by atoms with Crippen LogP contribution in [0.5, 0.6) is 0 Å². The van der Waals surface area contributed by atoms with Gasteiger partial charge in [-0.15, -0.1) is 0 Å². The molecule has 1 atom stereocenters. The van der Waals surface area contributed by atoms with Crippen molar-refractivity contribution < 1.29 is 17.9 Å². The number of anilines is 1. The molecule has 10 heteroatoms. The molecule has 0 bridgehead atoms. The number of benzene rings is 2. The second kappa shape index (κ2) is 10.5. The lowest BCUT2D eigenvalue weighted by molar-refractivity contribution is 0.0724. The van der Waals surface area contributed by atoms with Crippen LogP contribution in [0.1, 0.15) is 29.8 Å². The lowest BCUT2D eigenvalue weighted by atomic mass is 10.1. The Labute approximate surface area is 223 Å². The fraction of sp³-hybridized carbons (Fsp3) is 0.429. The van der Waals surface area contributed by atoms with Crippen molar-refractivity contribution in [2.75, 3.05) is 50.8 Å². The van der Waals surface area contributed by atoms with Gasteiger partial charge in [0.25, 0.3) is 5.91 Å². The van der Waals surface area contributed by atoms with E-state index in [4.69, 9.17) is 4.74 Å². The molecule has 2 aromatic carbocycles. The van der Waals surface area contributed by atoms with Crippen LogP contribution in [0.3, 0.4) is 0 Å². The van der Waals surface area contributed by atoms with Gasteiger partial charge in [-0.2, -0.15) is 4.31 Å². The van der Waals surface area contributed by atoms with Gasteiger partial charge in [-0.05, 0) is 56.7 Å². The van der Waals surface area contributed by atoms with Crippen molar-refractivity contribution in [3.8, 4) is 0 Å². The molecule has 0 radical (unpaired) electrons. The van der Waals surface area contributed by atoms with Gasteiger partial charge in [0.2, 0.25) is 15.5 Å². The molecule has 2 aliphatic rings. The van der Waals surface area contributed by atoms with E-state index in [1.165, 1.54) is 22.0 Å². The number of amides is 1. The van der Waals surface area contributed by atoms with E-state index in [0.717, 1.165) is 5.69 Å². The smallest absolute Gasteiger partial charge is 0.259 e. The number of fused-ring (bicyclic) bond motifs is 1. The summed E-state index contributed by atoms with van der Waals surface area (Å²) in [4.78, 5) is 31.4. The zero-order valence-electron chi connectivity index (χ0n) is 22.1. The van der Waals surface area contributed by atoms with Crippen molar-refractivity contribution in [2.24, 2.45) is 0 Å². The number of aryl methyl sites for hydroxylation is 2. The Bertz CT molecular complexity index is 1530. The second-order valence-electron chi connectivity index (χ2n) is 9.99. The molecule has 0 aliphatic carbocycles. The number of ether oxygens (including phenoxy) is 1. The zero-order valence-corrected chi connectivity index (χ0v) is 22.9. The molecule has 0 spiro atoms. The molecular weight excluding hydrogens is 504 g/mol. The number of sulfonamides is 1.